The molecule has 1 aromatic rings. The first kappa shape index (κ1) is 16.0. The molecule has 21 heavy (non-hydrogen) atoms. The predicted molar refractivity (Wildman–Crippen MR) is 83.7 cm³/mol. The molecule has 1 aliphatic carbocycles. The fraction of sp³-hybridized carbons (Fsp3) is 0.588. The van der Waals surface area contributed by atoms with Gasteiger partial charge in [0, 0.05) is 6.04 Å². The van der Waals surface area contributed by atoms with Crippen molar-refractivity contribution in [2.45, 2.75) is 57.2 Å². The Labute approximate surface area is 127 Å². The van der Waals surface area contributed by atoms with Gasteiger partial charge in [0.2, 0.25) is 5.91 Å². The molecule has 0 aliphatic heterocycles. The molecule has 1 fully saturated rings. The minimum absolute atomic E-state index is 0.0245. The number of carbonyl (C=O) groups is 1. The lowest BCUT2D eigenvalue weighted by Crippen LogP contribution is -2.57. The van der Waals surface area contributed by atoms with Crippen LogP contribution >= 0.6 is 0 Å². The van der Waals surface area contributed by atoms with E-state index in [1.807, 2.05) is 37.3 Å². The second-order valence-electron chi connectivity index (χ2n) is 6.09. The minimum Gasteiger partial charge on any atom is -0.375 e. The Hall–Kier alpha value is -1.39. The van der Waals surface area contributed by atoms with Crippen LogP contribution in [0, 0.1) is 0 Å². The summed E-state index contributed by atoms with van der Waals surface area (Å²) in [7, 11) is 0. The van der Waals surface area contributed by atoms with E-state index < -0.39 is 5.54 Å². The molecule has 1 aromatic carbocycles. The Morgan fingerprint density at radius 1 is 1.29 bits per heavy atom. The molecule has 0 radical (unpaired) electrons. The Bertz CT molecular complexity index is 441. The average molecular weight is 290 g/mol. The standard InChI is InChI=1S/C17H26N2O2/c1-14(12-21-13-15-8-4-2-5-9-15)19-16(20)17(18)10-6-3-7-11-17/h2,4-5,8-9,14H,3,6-7,10-13,18H2,1H3,(H,19,20). The van der Waals surface area contributed by atoms with Gasteiger partial charge in [0.1, 0.15) is 0 Å². The van der Waals surface area contributed by atoms with E-state index in [0.29, 0.717) is 13.2 Å². The van der Waals surface area contributed by atoms with E-state index in [4.69, 9.17) is 10.5 Å². The number of hydrogen-bond acceptors (Lipinski definition) is 3. The van der Waals surface area contributed by atoms with Gasteiger partial charge < -0.3 is 15.8 Å². The van der Waals surface area contributed by atoms with Crippen molar-refractivity contribution in [2.75, 3.05) is 6.61 Å². The summed E-state index contributed by atoms with van der Waals surface area (Å²) in [6.07, 6.45) is 4.85. The van der Waals surface area contributed by atoms with Gasteiger partial charge in [-0.2, -0.15) is 0 Å². The van der Waals surface area contributed by atoms with Crippen LogP contribution in [0.1, 0.15) is 44.6 Å². The third kappa shape index (κ3) is 4.83. The lowest BCUT2D eigenvalue weighted by atomic mass is 9.82. The summed E-state index contributed by atoms with van der Waals surface area (Å²) >= 11 is 0. The van der Waals surface area contributed by atoms with Gasteiger partial charge in [-0.15, -0.1) is 0 Å². The molecule has 116 valence electrons. The Balaban J connectivity index is 1.71. The van der Waals surface area contributed by atoms with Crippen LogP contribution in [0.25, 0.3) is 0 Å². The van der Waals surface area contributed by atoms with Crippen molar-refractivity contribution in [1.29, 1.82) is 0 Å². The van der Waals surface area contributed by atoms with Gasteiger partial charge in [-0.3, -0.25) is 4.79 Å². The summed E-state index contributed by atoms with van der Waals surface area (Å²) in [5.41, 5.74) is 6.68. The number of ether oxygens (including phenoxy) is 1. The summed E-state index contributed by atoms with van der Waals surface area (Å²) in [4.78, 5) is 12.3. The highest BCUT2D eigenvalue weighted by Gasteiger charge is 2.35. The largest absolute Gasteiger partial charge is 0.375 e. The third-order valence-corrected chi connectivity index (χ3v) is 4.05. The molecular weight excluding hydrogens is 264 g/mol. The van der Waals surface area contributed by atoms with Crippen LogP contribution in [0.15, 0.2) is 30.3 Å². The fourth-order valence-corrected chi connectivity index (χ4v) is 2.75. The number of benzene rings is 1. The first-order chi connectivity index (χ1) is 10.1. The maximum atomic E-state index is 12.3. The highest BCUT2D eigenvalue weighted by molar-refractivity contribution is 5.86. The highest BCUT2D eigenvalue weighted by atomic mass is 16.5. The van der Waals surface area contributed by atoms with Gasteiger partial charge in [-0.05, 0) is 25.3 Å². The normalized spacial score (nSPS) is 19.0. The van der Waals surface area contributed by atoms with Crippen molar-refractivity contribution >= 4 is 5.91 Å². The number of carbonyl (C=O) groups excluding carboxylic acids is 1. The van der Waals surface area contributed by atoms with E-state index in [1.165, 1.54) is 6.42 Å². The quantitative estimate of drug-likeness (QED) is 0.845. The van der Waals surface area contributed by atoms with E-state index >= 15 is 0 Å². The van der Waals surface area contributed by atoms with Gasteiger partial charge in [-0.1, -0.05) is 49.6 Å². The van der Waals surface area contributed by atoms with Gasteiger partial charge in [0.05, 0.1) is 18.8 Å². The highest BCUT2D eigenvalue weighted by Crippen LogP contribution is 2.26. The topological polar surface area (TPSA) is 64.3 Å². The molecule has 0 aromatic heterocycles. The molecule has 2 rings (SSSR count). The molecule has 4 nitrogen and oxygen atoms in total. The molecule has 3 N–H and O–H groups in total. The molecule has 1 aliphatic rings. The number of nitrogens with one attached hydrogen (secondary N) is 1. The Kier molecular flexibility index (Phi) is 5.76. The van der Waals surface area contributed by atoms with E-state index in [1.54, 1.807) is 0 Å². The van der Waals surface area contributed by atoms with Crippen molar-refractivity contribution in [2.24, 2.45) is 5.73 Å². The lowest BCUT2D eigenvalue weighted by Gasteiger charge is -2.33. The van der Waals surface area contributed by atoms with Crippen molar-refractivity contribution < 1.29 is 9.53 Å². The predicted octanol–water partition coefficient (Wildman–Crippen LogP) is 2.37. The Morgan fingerprint density at radius 2 is 1.95 bits per heavy atom. The van der Waals surface area contributed by atoms with Crippen molar-refractivity contribution in [1.82, 2.24) is 5.32 Å². The maximum absolute atomic E-state index is 12.3. The van der Waals surface area contributed by atoms with Crippen LogP contribution in [-0.4, -0.2) is 24.1 Å². The van der Waals surface area contributed by atoms with E-state index in [0.717, 1.165) is 31.2 Å². The van der Waals surface area contributed by atoms with Gasteiger partial charge >= 0.3 is 0 Å². The monoisotopic (exact) mass is 290 g/mol. The van der Waals surface area contributed by atoms with Crippen molar-refractivity contribution in [3.05, 3.63) is 35.9 Å². The first-order valence-corrected chi connectivity index (χ1v) is 7.82. The zero-order chi connectivity index (χ0) is 15.1. The second-order valence-corrected chi connectivity index (χ2v) is 6.09. The summed E-state index contributed by atoms with van der Waals surface area (Å²) < 4.78 is 5.65. The zero-order valence-corrected chi connectivity index (χ0v) is 12.8. The van der Waals surface area contributed by atoms with Crippen LogP contribution < -0.4 is 11.1 Å². The maximum Gasteiger partial charge on any atom is 0.240 e. The molecule has 1 saturated carbocycles. The number of rotatable bonds is 6. The van der Waals surface area contributed by atoms with E-state index in [9.17, 15) is 4.79 Å². The number of hydrogen-bond donors (Lipinski definition) is 2. The molecule has 4 heteroatoms. The van der Waals surface area contributed by atoms with Gasteiger partial charge in [0.25, 0.3) is 0 Å². The first-order valence-electron chi connectivity index (χ1n) is 7.82. The molecule has 1 atom stereocenters. The summed E-state index contributed by atoms with van der Waals surface area (Å²) in [6.45, 7) is 3.01. The fourth-order valence-electron chi connectivity index (χ4n) is 2.75. The summed E-state index contributed by atoms with van der Waals surface area (Å²) in [6, 6.07) is 10.00. The van der Waals surface area contributed by atoms with Gasteiger partial charge in [0.15, 0.2) is 0 Å². The second kappa shape index (κ2) is 7.57. The third-order valence-electron chi connectivity index (χ3n) is 4.05. The lowest BCUT2D eigenvalue weighted by molar-refractivity contribution is -0.128. The summed E-state index contributed by atoms with van der Waals surface area (Å²) in [5, 5.41) is 2.99. The Morgan fingerprint density at radius 3 is 2.62 bits per heavy atom. The van der Waals surface area contributed by atoms with Crippen LogP contribution in [0.5, 0.6) is 0 Å². The molecule has 0 spiro atoms. The van der Waals surface area contributed by atoms with Crippen LogP contribution in [-0.2, 0) is 16.1 Å². The molecular formula is C17H26N2O2. The van der Waals surface area contributed by atoms with E-state index in [-0.39, 0.29) is 11.9 Å². The number of nitrogens with two attached hydrogens (primary N) is 1. The average Bonchev–Trinajstić information content (AvgIpc) is 2.49. The molecule has 1 amide bonds. The smallest absolute Gasteiger partial charge is 0.240 e. The molecule has 0 saturated heterocycles. The SMILES string of the molecule is CC(COCc1ccccc1)NC(=O)C1(N)CCCCC1. The molecule has 0 bridgehead atoms. The van der Waals surface area contributed by atoms with E-state index in [2.05, 4.69) is 5.32 Å². The van der Waals surface area contributed by atoms with Crippen LogP contribution in [0.3, 0.4) is 0 Å². The summed E-state index contributed by atoms with van der Waals surface area (Å²) in [5.74, 6) is -0.0296. The molecule has 1 unspecified atom stereocenters. The van der Waals surface area contributed by atoms with Gasteiger partial charge in [-0.25, -0.2) is 0 Å². The van der Waals surface area contributed by atoms with Crippen LogP contribution in [0.2, 0.25) is 0 Å². The minimum atomic E-state index is -0.675. The van der Waals surface area contributed by atoms with Crippen molar-refractivity contribution in [3.8, 4) is 0 Å². The molecule has 0 heterocycles. The zero-order valence-electron chi connectivity index (χ0n) is 12.8. The van der Waals surface area contributed by atoms with Crippen LogP contribution in [0.4, 0.5) is 0 Å². The number of amides is 1. The van der Waals surface area contributed by atoms with Crippen molar-refractivity contribution in [3.63, 3.8) is 0 Å².